The second kappa shape index (κ2) is 15.3. The summed E-state index contributed by atoms with van der Waals surface area (Å²) in [5, 5.41) is 29.3. The zero-order valence-electron chi connectivity index (χ0n) is 19.2. The van der Waals surface area contributed by atoms with Crippen LogP contribution in [0.2, 0.25) is 0 Å². The third-order valence-electron chi connectivity index (χ3n) is 6.09. The van der Waals surface area contributed by atoms with Gasteiger partial charge in [0.1, 0.15) is 0 Å². The predicted molar refractivity (Wildman–Crippen MR) is 124 cm³/mol. The Labute approximate surface area is 187 Å². The lowest BCUT2D eigenvalue weighted by Crippen LogP contribution is -2.49. The Morgan fingerprint density at radius 2 is 1.97 bits per heavy atom. The van der Waals surface area contributed by atoms with E-state index in [1.54, 1.807) is 6.92 Å². The van der Waals surface area contributed by atoms with E-state index in [1.807, 2.05) is 0 Å². The van der Waals surface area contributed by atoms with Gasteiger partial charge in [0.2, 0.25) is 0 Å². The maximum absolute atomic E-state index is 11.8. The molecular weight excluding hydrogens is 400 g/mol. The number of ether oxygens (including phenoxy) is 1. The molecule has 30 heavy (non-hydrogen) atoms. The van der Waals surface area contributed by atoms with Crippen molar-refractivity contribution in [1.82, 2.24) is 0 Å². The van der Waals surface area contributed by atoms with Crippen LogP contribution in [-0.4, -0.2) is 51.3 Å². The monoisotopic (exact) mass is 444 g/mol. The van der Waals surface area contributed by atoms with E-state index in [4.69, 9.17) is 0 Å². The molecule has 1 aliphatic rings. The van der Waals surface area contributed by atoms with E-state index in [0.29, 0.717) is 24.0 Å². The van der Waals surface area contributed by atoms with E-state index in [-0.39, 0.29) is 0 Å². The summed E-state index contributed by atoms with van der Waals surface area (Å²) >= 11 is 1.22. The molecule has 0 bridgehead atoms. The van der Waals surface area contributed by atoms with Crippen molar-refractivity contribution in [3.05, 3.63) is 12.2 Å². The summed E-state index contributed by atoms with van der Waals surface area (Å²) in [6.07, 6.45) is 18.0. The van der Waals surface area contributed by atoms with Crippen molar-refractivity contribution < 1.29 is 24.9 Å². The lowest BCUT2D eigenvalue weighted by Gasteiger charge is -2.29. The first-order chi connectivity index (χ1) is 14.3. The number of carbonyl (C=O) groups excluding carboxylic acids is 1. The molecule has 3 N–H and O–H groups in total. The number of aliphatic hydroxyl groups is 3. The maximum atomic E-state index is 11.8. The average Bonchev–Trinajstić information content (AvgIpc) is 3.16. The quantitative estimate of drug-likeness (QED) is 0.137. The molecule has 176 valence electrons. The topological polar surface area (TPSA) is 87.0 Å². The number of hydrogen-bond acceptors (Lipinski definition) is 6. The zero-order valence-corrected chi connectivity index (χ0v) is 20.0. The molecule has 0 spiro atoms. The van der Waals surface area contributed by atoms with Crippen LogP contribution in [0.15, 0.2) is 12.2 Å². The third kappa shape index (κ3) is 10.2. The molecule has 0 aromatic heterocycles. The lowest BCUT2D eigenvalue weighted by atomic mass is 9.89. The Morgan fingerprint density at radius 1 is 1.20 bits per heavy atom. The first-order valence-corrected chi connectivity index (χ1v) is 12.9. The van der Waals surface area contributed by atoms with Crippen molar-refractivity contribution in [2.75, 3.05) is 12.9 Å². The van der Waals surface area contributed by atoms with E-state index >= 15 is 0 Å². The number of unbranched alkanes of at least 4 members (excludes halogenated alkanes) is 5. The number of rotatable bonds is 16. The first kappa shape index (κ1) is 27.5. The predicted octanol–water partition coefficient (Wildman–Crippen LogP) is 4.83. The third-order valence-corrected chi connectivity index (χ3v) is 7.73. The van der Waals surface area contributed by atoms with E-state index < -0.39 is 23.1 Å². The molecule has 1 saturated carbocycles. The summed E-state index contributed by atoms with van der Waals surface area (Å²) in [6, 6.07) is 0. The number of hydrogen-bond donors (Lipinski definition) is 3. The van der Waals surface area contributed by atoms with Gasteiger partial charge >= 0.3 is 5.97 Å². The summed E-state index contributed by atoms with van der Waals surface area (Å²) < 4.78 is 4.55. The Bertz CT molecular complexity index is 492. The van der Waals surface area contributed by atoms with Gasteiger partial charge in [-0.05, 0) is 57.3 Å². The molecule has 0 saturated heterocycles. The second-order valence-corrected chi connectivity index (χ2v) is 10.0. The summed E-state index contributed by atoms with van der Waals surface area (Å²) in [6.45, 7) is 3.89. The number of esters is 1. The molecule has 1 rings (SSSR count). The van der Waals surface area contributed by atoms with E-state index in [9.17, 15) is 20.1 Å². The standard InChI is InChI=1S/C24H44O5S/c1-4-5-6-7-8-9-13-20-15-12-16-21(20)14-10-11-17-22(30-18-19(2)25)24(27,28)23(26)29-3/h9,13,19-22,25,27-28H,4-8,10-12,14-18H2,1-3H3/t19?,20-,21-,22?/m0/s1. The van der Waals surface area contributed by atoms with E-state index in [2.05, 4.69) is 23.8 Å². The molecule has 0 aromatic carbocycles. The molecule has 0 aromatic rings. The van der Waals surface area contributed by atoms with Crippen LogP contribution in [0.3, 0.4) is 0 Å². The normalized spacial score (nSPS) is 21.8. The lowest BCUT2D eigenvalue weighted by molar-refractivity contribution is -0.206. The van der Waals surface area contributed by atoms with Gasteiger partial charge in [-0.2, -0.15) is 0 Å². The van der Waals surface area contributed by atoms with Gasteiger partial charge in [0.05, 0.1) is 18.5 Å². The summed E-state index contributed by atoms with van der Waals surface area (Å²) in [5.74, 6) is -1.82. The molecule has 0 aliphatic heterocycles. The number of aliphatic hydroxyl groups excluding tert-OH is 1. The van der Waals surface area contributed by atoms with Gasteiger partial charge in [0, 0.05) is 5.75 Å². The summed E-state index contributed by atoms with van der Waals surface area (Å²) in [5.41, 5.74) is 0. The van der Waals surface area contributed by atoms with Crippen LogP contribution in [-0.2, 0) is 9.53 Å². The minimum atomic E-state index is -2.52. The molecule has 1 fully saturated rings. The fourth-order valence-electron chi connectivity index (χ4n) is 4.31. The molecular formula is C24H44O5S. The van der Waals surface area contributed by atoms with Gasteiger partial charge in [-0.3, -0.25) is 0 Å². The van der Waals surface area contributed by atoms with Crippen LogP contribution in [0.25, 0.3) is 0 Å². The van der Waals surface area contributed by atoms with Crippen molar-refractivity contribution in [2.45, 2.75) is 108 Å². The van der Waals surface area contributed by atoms with E-state index in [0.717, 1.165) is 26.4 Å². The highest BCUT2D eigenvalue weighted by molar-refractivity contribution is 8.00. The number of carbonyl (C=O) groups is 1. The van der Waals surface area contributed by atoms with Crippen LogP contribution in [0.1, 0.15) is 90.9 Å². The van der Waals surface area contributed by atoms with Crippen LogP contribution < -0.4 is 0 Å². The highest BCUT2D eigenvalue weighted by Gasteiger charge is 2.43. The Kier molecular flexibility index (Phi) is 14.0. The molecule has 5 nitrogen and oxygen atoms in total. The molecule has 2 unspecified atom stereocenters. The zero-order chi connectivity index (χ0) is 22.4. The molecule has 0 radical (unpaired) electrons. The minimum Gasteiger partial charge on any atom is -0.465 e. The van der Waals surface area contributed by atoms with Crippen molar-refractivity contribution in [1.29, 1.82) is 0 Å². The van der Waals surface area contributed by atoms with Gasteiger partial charge in [0.15, 0.2) is 0 Å². The van der Waals surface area contributed by atoms with Crippen LogP contribution in [0.4, 0.5) is 0 Å². The largest absolute Gasteiger partial charge is 0.465 e. The second-order valence-electron chi connectivity index (χ2n) is 8.81. The van der Waals surface area contributed by atoms with Crippen LogP contribution >= 0.6 is 11.8 Å². The van der Waals surface area contributed by atoms with Crippen LogP contribution in [0.5, 0.6) is 0 Å². The van der Waals surface area contributed by atoms with E-state index in [1.165, 1.54) is 63.1 Å². The number of methoxy groups -OCH3 is 1. The molecule has 0 heterocycles. The molecule has 6 heteroatoms. The minimum absolute atomic E-state index is 0.346. The van der Waals surface area contributed by atoms with Crippen molar-refractivity contribution in [3.8, 4) is 0 Å². The number of thioether (sulfide) groups is 1. The summed E-state index contributed by atoms with van der Waals surface area (Å²) in [7, 11) is 1.15. The van der Waals surface area contributed by atoms with Gasteiger partial charge in [-0.1, -0.05) is 57.6 Å². The Hall–Kier alpha value is -0.560. The van der Waals surface area contributed by atoms with Gasteiger partial charge in [0.25, 0.3) is 5.79 Å². The van der Waals surface area contributed by atoms with Crippen molar-refractivity contribution in [3.63, 3.8) is 0 Å². The highest BCUT2D eigenvalue weighted by atomic mass is 32.2. The molecule has 0 amide bonds. The Balaban J connectivity index is 2.43. The fourth-order valence-corrected chi connectivity index (χ4v) is 5.48. The number of allylic oxidation sites excluding steroid dienone is 2. The maximum Gasteiger partial charge on any atom is 0.367 e. The average molecular weight is 445 g/mol. The Morgan fingerprint density at radius 3 is 2.63 bits per heavy atom. The van der Waals surface area contributed by atoms with Crippen molar-refractivity contribution >= 4 is 17.7 Å². The molecule has 4 atom stereocenters. The fraction of sp³-hybridized carbons (Fsp3) is 0.875. The van der Waals surface area contributed by atoms with Gasteiger partial charge in [-0.15, -0.1) is 11.8 Å². The smallest absolute Gasteiger partial charge is 0.367 e. The highest BCUT2D eigenvalue weighted by Crippen LogP contribution is 2.37. The molecule has 1 aliphatic carbocycles. The van der Waals surface area contributed by atoms with Crippen LogP contribution in [0, 0.1) is 11.8 Å². The van der Waals surface area contributed by atoms with Gasteiger partial charge < -0.3 is 20.1 Å². The van der Waals surface area contributed by atoms with Crippen molar-refractivity contribution in [2.24, 2.45) is 11.8 Å². The van der Waals surface area contributed by atoms with Gasteiger partial charge in [-0.25, -0.2) is 4.79 Å². The first-order valence-electron chi connectivity index (χ1n) is 11.8. The summed E-state index contributed by atoms with van der Waals surface area (Å²) in [4.78, 5) is 11.8. The SMILES string of the molecule is CCCCCCC=C[C@H]1CCC[C@@H]1CCCCC(SCC(C)O)C(O)(O)C(=O)OC.